The Balaban J connectivity index is 1.94. The van der Waals surface area contributed by atoms with Gasteiger partial charge in [0.25, 0.3) is 5.91 Å². The molecule has 1 aromatic rings. The van der Waals surface area contributed by atoms with Gasteiger partial charge in [0.2, 0.25) is 0 Å². The Hall–Kier alpha value is -1.38. The van der Waals surface area contributed by atoms with Crippen molar-refractivity contribution < 1.29 is 4.79 Å². The van der Waals surface area contributed by atoms with Crippen LogP contribution in [0.2, 0.25) is 0 Å². The number of piperazine rings is 1. The first-order chi connectivity index (χ1) is 9.72. The third-order valence-corrected chi connectivity index (χ3v) is 4.26. The van der Waals surface area contributed by atoms with E-state index in [1.807, 2.05) is 7.05 Å². The Labute approximate surface area is 122 Å². The van der Waals surface area contributed by atoms with Gasteiger partial charge < -0.3 is 26.6 Å². The summed E-state index contributed by atoms with van der Waals surface area (Å²) < 4.78 is 0. The van der Waals surface area contributed by atoms with Crippen molar-refractivity contribution in [2.45, 2.75) is 6.42 Å². The number of nitrogen functional groups attached to an aromatic ring is 1. The number of aromatic nitrogens is 1. The van der Waals surface area contributed by atoms with Crippen molar-refractivity contribution in [1.29, 1.82) is 0 Å². The molecule has 8 heteroatoms. The summed E-state index contributed by atoms with van der Waals surface area (Å²) in [5, 5.41) is 10.0. The average Bonchev–Trinajstić information content (AvgIpc) is 2.86. The largest absolute Gasteiger partial charge is 0.382 e. The molecule has 1 saturated heterocycles. The maximum atomic E-state index is 12.1. The van der Waals surface area contributed by atoms with Crippen LogP contribution in [-0.4, -0.2) is 57.2 Å². The maximum Gasteiger partial charge on any atom is 0.265 e. The Morgan fingerprint density at radius 1 is 1.45 bits per heavy atom. The lowest BCUT2D eigenvalue weighted by Crippen LogP contribution is -2.43. The van der Waals surface area contributed by atoms with Crippen LogP contribution >= 0.6 is 11.3 Å². The van der Waals surface area contributed by atoms with Crippen LogP contribution in [0.15, 0.2) is 0 Å². The van der Waals surface area contributed by atoms with Gasteiger partial charge in [0.1, 0.15) is 10.7 Å². The van der Waals surface area contributed by atoms with E-state index in [9.17, 15) is 4.79 Å². The predicted molar refractivity (Wildman–Crippen MR) is 82.5 cm³/mol. The fourth-order valence-electron chi connectivity index (χ4n) is 2.02. The number of thiazole rings is 1. The molecule has 0 saturated carbocycles. The highest BCUT2D eigenvalue weighted by Gasteiger charge is 2.20. The summed E-state index contributed by atoms with van der Waals surface area (Å²) in [6, 6.07) is 0. The van der Waals surface area contributed by atoms with Gasteiger partial charge in [-0.05, 0) is 20.0 Å². The summed E-state index contributed by atoms with van der Waals surface area (Å²) in [5.74, 6) is 0.201. The summed E-state index contributed by atoms with van der Waals surface area (Å²) in [6.07, 6.45) is 0.894. The molecule has 1 fully saturated rings. The Bertz CT molecular complexity index is 443. The molecular weight excluding hydrogens is 276 g/mol. The van der Waals surface area contributed by atoms with Crippen molar-refractivity contribution in [1.82, 2.24) is 20.9 Å². The molecule has 5 N–H and O–H groups in total. The van der Waals surface area contributed by atoms with Gasteiger partial charge in [-0.3, -0.25) is 4.79 Å². The van der Waals surface area contributed by atoms with Gasteiger partial charge in [0, 0.05) is 32.7 Å². The van der Waals surface area contributed by atoms with E-state index < -0.39 is 0 Å². The molecule has 1 aromatic heterocycles. The van der Waals surface area contributed by atoms with Crippen molar-refractivity contribution in [3.63, 3.8) is 0 Å². The standard InChI is InChI=1S/C12H22N6OS/c1-14-3-2-4-16-11(19)9-10(13)17-12(20-9)18-7-5-15-6-8-18/h14-15H,2-8,13H2,1H3,(H,16,19). The summed E-state index contributed by atoms with van der Waals surface area (Å²) in [5.41, 5.74) is 5.86. The molecule has 0 radical (unpaired) electrons. The third-order valence-electron chi connectivity index (χ3n) is 3.12. The Morgan fingerprint density at radius 2 is 2.20 bits per heavy atom. The number of nitrogens with one attached hydrogen (secondary N) is 3. The van der Waals surface area contributed by atoms with Crippen LogP contribution in [-0.2, 0) is 0 Å². The van der Waals surface area contributed by atoms with Crippen molar-refractivity contribution in [2.75, 3.05) is 56.9 Å². The lowest BCUT2D eigenvalue weighted by molar-refractivity contribution is 0.0958. The molecule has 2 rings (SSSR count). The van der Waals surface area contributed by atoms with Crippen LogP contribution in [0.5, 0.6) is 0 Å². The fourth-order valence-corrected chi connectivity index (χ4v) is 2.97. The predicted octanol–water partition coefficient (Wildman–Crippen LogP) is -0.526. The van der Waals surface area contributed by atoms with Crippen LogP contribution in [0.25, 0.3) is 0 Å². The van der Waals surface area contributed by atoms with Crippen LogP contribution < -0.4 is 26.6 Å². The minimum atomic E-state index is -0.127. The summed E-state index contributed by atoms with van der Waals surface area (Å²) >= 11 is 1.37. The monoisotopic (exact) mass is 298 g/mol. The zero-order valence-corrected chi connectivity index (χ0v) is 12.6. The molecule has 1 aliphatic rings. The van der Waals surface area contributed by atoms with E-state index in [2.05, 4.69) is 25.8 Å². The second kappa shape index (κ2) is 7.41. The Kier molecular flexibility index (Phi) is 5.57. The number of carbonyl (C=O) groups excluding carboxylic acids is 1. The van der Waals surface area contributed by atoms with Crippen LogP contribution in [0.1, 0.15) is 16.1 Å². The first kappa shape index (κ1) is 15.0. The summed E-state index contributed by atoms with van der Waals surface area (Å²) in [4.78, 5) is 19.1. The van der Waals surface area contributed by atoms with E-state index in [-0.39, 0.29) is 5.91 Å². The first-order valence-corrected chi connectivity index (χ1v) is 7.69. The third kappa shape index (κ3) is 3.81. The maximum absolute atomic E-state index is 12.1. The van der Waals surface area contributed by atoms with Gasteiger partial charge in [-0.15, -0.1) is 0 Å². The number of rotatable bonds is 6. The summed E-state index contributed by atoms with van der Waals surface area (Å²) in [7, 11) is 1.89. The SMILES string of the molecule is CNCCCNC(=O)c1sc(N2CCNCC2)nc1N. The molecule has 20 heavy (non-hydrogen) atoms. The lowest BCUT2D eigenvalue weighted by Gasteiger charge is -2.26. The smallest absolute Gasteiger partial charge is 0.265 e. The highest BCUT2D eigenvalue weighted by molar-refractivity contribution is 7.18. The van der Waals surface area contributed by atoms with Crippen molar-refractivity contribution in [2.24, 2.45) is 0 Å². The molecule has 1 aliphatic heterocycles. The van der Waals surface area contributed by atoms with Crippen LogP contribution in [0.4, 0.5) is 10.9 Å². The molecule has 0 bridgehead atoms. The molecule has 1 amide bonds. The quantitative estimate of drug-likeness (QED) is 0.528. The minimum absolute atomic E-state index is 0.127. The van der Waals surface area contributed by atoms with Gasteiger partial charge >= 0.3 is 0 Å². The highest BCUT2D eigenvalue weighted by atomic mass is 32.1. The van der Waals surface area contributed by atoms with Crippen molar-refractivity contribution >= 4 is 28.2 Å². The molecule has 2 heterocycles. The normalized spacial score (nSPS) is 15.3. The van der Waals surface area contributed by atoms with E-state index in [0.717, 1.165) is 44.3 Å². The molecule has 0 atom stereocenters. The number of hydrogen-bond donors (Lipinski definition) is 4. The van der Waals surface area contributed by atoms with Gasteiger partial charge in [0.15, 0.2) is 5.13 Å². The van der Waals surface area contributed by atoms with Gasteiger partial charge in [0.05, 0.1) is 0 Å². The van der Waals surface area contributed by atoms with E-state index in [1.54, 1.807) is 0 Å². The van der Waals surface area contributed by atoms with Gasteiger partial charge in [-0.2, -0.15) is 0 Å². The molecule has 112 valence electrons. The fraction of sp³-hybridized carbons (Fsp3) is 0.667. The number of nitrogens with two attached hydrogens (primary N) is 1. The number of anilines is 2. The van der Waals surface area contributed by atoms with E-state index in [1.165, 1.54) is 11.3 Å². The molecule has 0 unspecified atom stereocenters. The van der Waals surface area contributed by atoms with Crippen LogP contribution in [0, 0.1) is 0 Å². The van der Waals surface area contributed by atoms with Gasteiger partial charge in [-0.1, -0.05) is 11.3 Å². The zero-order chi connectivity index (χ0) is 14.4. The van der Waals surface area contributed by atoms with E-state index >= 15 is 0 Å². The number of nitrogens with zero attached hydrogens (tertiary/aromatic N) is 2. The van der Waals surface area contributed by atoms with E-state index in [4.69, 9.17) is 5.73 Å². The average molecular weight is 298 g/mol. The topological polar surface area (TPSA) is 95.3 Å². The molecule has 0 spiro atoms. The number of amides is 1. The Morgan fingerprint density at radius 3 is 2.90 bits per heavy atom. The van der Waals surface area contributed by atoms with Gasteiger partial charge in [-0.25, -0.2) is 4.98 Å². The first-order valence-electron chi connectivity index (χ1n) is 6.87. The molecule has 0 aliphatic carbocycles. The molecular formula is C12H22N6OS. The van der Waals surface area contributed by atoms with Crippen LogP contribution in [0.3, 0.4) is 0 Å². The molecule has 0 aromatic carbocycles. The minimum Gasteiger partial charge on any atom is -0.382 e. The lowest BCUT2D eigenvalue weighted by atomic mass is 10.4. The highest BCUT2D eigenvalue weighted by Crippen LogP contribution is 2.28. The second-order valence-corrected chi connectivity index (χ2v) is 5.64. The number of hydrogen-bond acceptors (Lipinski definition) is 7. The second-order valence-electron chi connectivity index (χ2n) is 4.66. The summed E-state index contributed by atoms with van der Waals surface area (Å²) in [6.45, 7) is 5.19. The van der Waals surface area contributed by atoms with Crippen molar-refractivity contribution in [3.8, 4) is 0 Å². The zero-order valence-electron chi connectivity index (χ0n) is 11.7. The van der Waals surface area contributed by atoms with Crippen molar-refractivity contribution in [3.05, 3.63) is 4.88 Å². The number of carbonyl (C=O) groups is 1. The molecule has 7 nitrogen and oxygen atoms in total. The van der Waals surface area contributed by atoms with E-state index in [0.29, 0.717) is 17.2 Å².